The van der Waals surface area contributed by atoms with Gasteiger partial charge in [-0.25, -0.2) is 29.4 Å². The summed E-state index contributed by atoms with van der Waals surface area (Å²) in [6.45, 7) is 5.52. The van der Waals surface area contributed by atoms with Crippen LogP contribution in [0.3, 0.4) is 0 Å². The minimum Gasteiger partial charge on any atom is -0.449 e. The normalized spacial score (nSPS) is 14.8. The topological polar surface area (TPSA) is 141 Å². The molecule has 1 unspecified atom stereocenters. The molecule has 32 heavy (non-hydrogen) atoms. The quantitative estimate of drug-likeness (QED) is 0.441. The number of rotatable bonds is 6. The first-order chi connectivity index (χ1) is 15.4. The molecule has 2 N–H and O–H groups in total. The van der Waals surface area contributed by atoms with Crippen LogP contribution in [-0.4, -0.2) is 52.7 Å². The Kier molecular flexibility index (Phi) is 4.80. The average Bonchev–Trinajstić information content (AvgIpc) is 3.34. The minimum atomic E-state index is -1.05. The van der Waals surface area contributed by atoms with Crippen LogP contribution in [0, 0.1) is 0 Å². The molecule has 1 fully saturated rings. The molecule has 0 radical (unpaired) electrons. The van der Waals surface area contributed by atoms with Gasteiger partial charge in [-0.1, -0.05) is 0 Å². The first-order valence-electron chi connectivity index (χ1n) is 10.5. The molecule has 1 atom stereocenters. The van der Waals surface area contributed by atoms with Crippen molar-refractivity contribution in [1.82, 2.24) is 34.7 Å². The number of fused-ring (bicyclic) bond motifs is 2. The lowest BCUT2D eigenvalue weighted by atomic mass is 10.1. The van der Waals surface area contributed by atoms with E-state index in [4.69, 9.17) is 9.72 Å². The number of carbonyl (C=O) groups excluding carboxylic acids is 2. The second-order valence-corrected chi connectivity index (χ2v) is 8.15. The summed E-state index contributed by atoms with van der Waals surface area (Å²) in [5.74, 6) is -0.504. The van der Waals surface area contributed by atoms with Gasteiger partial charge in [-0.3, -0.25) is 4.79 Å². The van der Waals surface area contributed by atoms with Gasteiger partial charge in [-0.15, -0.1) is 0 Å². The summed E-state index contributed by atoms with van der Waals surface area (Å²) < 4.78 is 7.30. The Hall–Kier alpha value is -3.89. The van der Waals surface area contributed by atoms with Gasteiger partial charge < -0.3 is 15.0 Å². The number of pyridine rings is 1. The maximum absolute atomic E-state index is 13.1. The van der Waals surface area contributed by atoms with E-state index < -0.39 is 18.0 Å². The summed E-state index contributed by atoms with van der Waals surface area (Å²) in [5.41, 5.74) is 2.78. The molecule has 1 aliphatic rings. The number of ether oxygens (including phenoxy) is 1. The number of H-pyrrole nitrogens is 1. The van der Waals surface area contributed by atoms with Gasteiger partial charge in [-0.2, -0.15) is 5.10 Å². The monoisotopic (exact) mass is 434 g/mol. The summed E-state index contributed by atoms with van der Waals surface area (Å²) in [4.78, 5) is 45.5. The van der Waals surface area contributed by atoms with Gasteiger partial charge in [0.25, 0.3) is 5.91 Å². The van der Waals surface area contributed by atoms with Gasteiger partial charge >= 0.3 is 5.97 Å². The van der Waals surface area contributed by atoms with Crippen molar-refractivity contribution in [3.8, 4) is 0 Å². The largest absolute Gasteiger partial charge is 0.449 e. The van der Waals surface area contributed by atoms with Crippen LogP contribution in [0.15, 0.2) is 24.9 Å². The van der Waals surface area contributed by atoms with Gasteiger partial charge in [0.2, 0.25) is 0 Å². The molecule has 0 spiro atoms. The van der Waals surface area contributed by atoms with Crippen molar-refractivity contribution in [2.24, 2.45) is 0 Å². The van der Waals surface area contributed by atoms with Crippen molar-refractivity contribution in [2.75, 3.05) is 5.32 Å². The van der Waals surface area contributed by atoms with Crippen molar-refractivity contribution in [3.05, 3.63) is 36.2 Å². The molecule has 4 aromatic rings. The number of esters is 1. The summed E-state index contributed by atoms with van der Waals surface area (Å²) in [6.07, 6.45) is 5.42. The molecule has 0 aliphatic heterocycles. The van der Waals surface area contributed by atoms with E-state index in [0.717, 1.165) is 18.5 Å². The molecule has 1 aliphatic carbocycles. The summed E-state index contributed by atoms with van der Waals surface area (Å²) in [7, 11) is 0. The van der Waals surface area contributed by atoms with Crippen LogP contribution in [0.1, 0.15) is 61.6 Å². The number of nitrogens with zero attached hydrogens (tertiary/aromatic N) is 6. The molecular formula is C21H22N8O3. The highest BCUT2D eigenvalue weighted by Gasteiger charge is 2.29. The van der Waals surface area contributed by atoms with Crippen molar-refractivity contribution in [2.45, 2.75) is 51.7 Å². The molecule has 5 rings (SSSR count). The molecule has 164 valence electrons. The fourth-order valence-corrected chi connectivity index (χ4v) is 3.53. The number of aromatic amines is 1. The standard InChI is InChI=1S/C21H22N8O3/c1-10(2)29-19-14(7-26-29)13(6-15(27-19)12-4-5-12)21(31)32-11(3)20(30)28-18-16-17(23-8-22-16)24-9-25-18/h6-12H,4-5H2,1-3H3,(H2,22,23,24,25,28,30). The zero-order valence-corrected chi connectivity index (χ0v) is 17.9. The number of aromatic nitrogens is 7. The molecule has 1 saturated carbocycles. The van der Waals surface area contributed by atoms with E-state index in [1.54, 1.807) is 16.9 Å². The highest BCUT2D eigenvalue weighted by molar-refractivity contribution is 6.05. The predicted molar refractivity (Wildman–Crippen MR) is 115 cm³/mol. The number of hydrogen-bond donors (Lipinski definition) is 2. The Labute approximate surface area is 182 Å². The molecule has 4 heterocycles. The van der Waals surface area contributed by atoms with Crippen molar-refractivity contribution in [3.63, 3.8) is 0 Å². The Morgan fingerprint density at radius 2 is 2.03 bits per heavy atom. The number of hydrogen-bond acceptors (Lipinski definition) is 8. The average molecular weight is 434 g/mol. The summed E-state index contributed by atoms with van der Waals surface area (Å²) >= 11 is 0. The van der Waals surface area contributed by atoms with E-state index in [1.165, 1.54) is 19.6 Å². The molecule has 11 nitrogen and oxygen atoms in total. The van der Waals surface area contributed by atoms with Crippen LogP contribution < -0.4 is 5.32 Å². The van der Waals surface area contributed by atoms with Crippen LogP contribution in [0.25, 0.3) is 22.2 Å². The van der Waals surface area contributed by atoms with Crippen LogP contribution in [-0.2, 0) is 9.53 Å². The maximum Gasteiger partial charge on any atom is 0.339 e. The molecule has 0 saturated heterocycles. The fourth-order valence-electron chi connectivity index (χ4n) is 3.53. The summed E-state index contributed by atoms with van der Waals surface area (Å²) in [6, 6.07) is 1.85. The van der Waals surface area contributed by atoms with E-state index >= 15 is 0 Å². The van der Waals surface area contributed by atoms with Crippen LogP contribution in [0.2, 0.25) is 0 Å². The van der Waals surface area contributed by atoms with Gasteiger partial charge in [0.15, 0.2) is 23.2 Å². The summed E-state index contributed by atoms with van der Waals surface area (Å²) in [5, 5.41) is 7.66. The Morgan fingerprint density at radius 3 is 2.78 bits per heavy atom. The number of nitrogens with one attached hydrogen (secondary N) is 2. The van der Waals surface area contributed by atoms with Gasteiger partial charge in [0, 0.05) is 17.7 Å². The zero-order valence-electron chi connectivity index (χ0n) is 17.9. The minimum absolute atomic E-state index is 0.0928. The lowest BCUT2D eigenvalue weighted by molar-refractivity contribution is -0.123. The fraction of sp³-hybridized carbons (Fsp3) is 0.381. The van der Waals surface area contributed by atoms with Gasteiger partial charge in [-0.05, 0) is 39.7 Å². The lowest BCUT2D eigenvalue weighted by Gasteiger charge is -2.14. The van der Waals surface area contributed by atoms with Crippen LogP contribution >= 0.6 is 0 Å². The first kappa shape index (κ1) is 20.0. The highest BCUT2D eigenvalue weighted by Crippen LogP contribution is 2.40. The van der Waals surface area contributed by atoms with E-state index in [-0.39, 0.29) is 11.9 Å². The smallest absolute Gasteiger partial charge is 0.339 e. The first-order valence-corrected chi connectivity index (χ1v) is 10.5. The Balaban J connectivity index is 1.39. The van der Waals surface area contributed by atoms with Crippen LogP contribution in [0.5, 0.6) is 0 Å². The molecule has 0 bridgehead atoms. The van der Waals surface area contributed by atoms with Crippen molar-refractivity contribution < 1.29 is 14.3 Å². The van der Waals surface area contributed by atoms with Crippen molar-refractivity contribution >= 4 is 39.9 Å². The van der Waals surface area contributed by atoms with Crippen LogP contribution in [0.4, 0.5) is 5.82 Å². The number of amides is 1. The Morgan fingerprint density at radius 1 is 1.22 bits per heavy atom. The van der Waals surface area contributed by atoms with E-state index in [0.29, 0.717) is 33.7 Å². The molecule has 0 aromatic carbocycles. The number of imidazole rings is 1. The molecule has 11 heteroatoms. The zero-order chi connectivity index (χ0) is 22.4. The third kappa shape index (κ3) is 3.55. The van der Waals surface area contributed by atoms with Crippen molar-refractivity contribution in [1.29, 1.82) is 0 Å². The lowest BCUT2D eigenvalue weighted by Crippen LogP contribution is -2.30. The SMILES string of the molecule is CC(OC(=O)c1cc(C2CC2)nc2c1cnn2C(C)C)C(=O)Nc1ncnc2nc[nH]c12. The van der Waals surface area contributed by atoms with E-state index in [1.807, 2.05) is 13.8 Å². The van der Waals surface area contributed by atoms with Gasteiger partial charge in [0.1, 0.15) is 11.8 Å². The second-order valence-electron chi connectivity index (χ2n) is 8.15. The van der Waals surface area contributed by atoms with E-state index in [9.17, 15) is 9.59 Å². The number of carbonyl (C=O) groups is 2. The second kappa shape index (κ2) is 7.66. The highest BCUT2D eigenvalue weighted by atomic mass is 16.5. The third-order valence-electron chi connectivity index (χ3n) is 5.41. The molecule has 1 amide bonds. The Bertz CT molecular complexity index is 1340. The number of anilines is 1. The molecular weight excluding hydrogens is 412 g/mol. The predicted octanol–water partition coefficient (Wildman–Crippen LogP) is 2.74. The van der Waals surface area contributed by atoms with E-state index in [2.05, 4.69) is 30.4 Å². The molecule has 4 aromatic heterocycles. The third-order valence-corrected chi connectivity index (χ3v) is 5.41. The maximum atomic E-state index is 13.1. The van der Waals surface area contributed by atoms with Gasteiger partial charge in [0.05, 0.1) is 23.5 Å².